The van der Waals surface area contributed by atoms with Gasteiger partial charge in [-0.05, 0) is 31.7 Å². The smallest absolute Gasteiger partial charge is 0.227 e. The summed E-state index contributed by atoms with van der Waals surface area (Å²) in [6.07, 6.45) is 6.06. The molecule has 118 valence electrons. The molecular formula is C15H20N4O3. The number of furan rings is 1. The fourth-order valence-electron chi connectivity index (χ4n) is 2.51. The third kappa shape index (κ3) is 3.19. The number of aryl methyl sites for hydroxylation is 1. The van der Waals surface area contributed by atoms with Crippen LogP contribution in [0.1, 0.15) is 32.1 Å². The SMILES string of the molecule is CC(CN)(NC(=O)CCc1nc(-c2ccoc2)no1)C1CC1. The molecule has 1 fully saturated rings. The zero-order valence-corrected chi connectivity index (χ0v) is 12.5. The Kier molecular flexibility index (Phi) is 3.98. The number of hydrogen-bond acceptors (Lipinski definition) is 6. The van der Waals surface area contributed by atoms with E-state index >= 15 is 0 Å². The van der Waals surface area contributed by atoms with Crippen molar-refractivity contribution in [2.45, 2.75) is 38.1 Å². The van der Waals surface area contributed by atoms with Crippen molar-refractivity contribution in [2.24, 2.45) is 11.7 Å². The van der Waals surface area contributed by atoms with Gasteiger partial charge in [0, 0.05) is 19.4 Å². The number of nitrogens with two attached hydrogens (primary N) is 1. The molecule has 0 bridgehead atoms. The first-order valence-corrected chi connectivity index (χ1v) is 7.47. The van der Waals surface area contributed by atoms with Crippen molar-refractivity contribution < 1.29 is 13.7 Å². The van der Waals surface area contributed by atoms with Gasteiger partial charge in [0.2, 0.25) is 17.6 Å². The van der Waals surface area contributed by atoms with Crippen LogP contribution < -0.4 is 11.1 Å². The van der Waals surface area contributed by atoms with Crippen molar-refractivity contribution in [2.75, 3.05) is 6.54 Å². The molecule has 0 aromatic carbocycles. The minimum absolute atomic E-state index is 0.0390. The molecule has 1 atom stereocenters. The summed E-state index contributed by atoms with van der Waals surface area (Å²) in [5.41, 5.74) is 6.25. The molecule has 0 spiro atoms. The second kappa shape index (κ2) is 5.92. The first-order chi connectivity index (χ1) is 10.6. The fourth-order valence-corrected chi connectivity index (χ4v) is 2.51. The largest absolute Gasteiger partial charge is 0.472 e. The summed E-state index contributed by atoms with van der Waals surface area (Å²) in [4.78, 5) is 16.3. The van der Waals surface area contributed by atoms with E-state index in [2.05, 4.69) is 15.5 Å². The van der Waals surface area contributed by atoms with Gasteiger partial charge in [0.25, 0.3) is 0 Å². The van der Waals surface area contributed by atoms with Crippen LogP contribution in [-0.2, 0) is 11.2 Å². The van der Waals surface area contributed by atoms with Crippen LogP contribution in [0.3, 0.4) is 0 Å². The van der Waals surface area contributed by atoms with E-state index in [4.69, 9.17) is 14.7 Å². The van der Waals surface area contributed by atoms with E-state index in [1.807, 2.05) is 6.92 Å². The van der Waals surface area contributed by atoms with E-state index in [0.717, 1.165) is 18.4 Å². The molecule has 1 aliphatic carbocycles. The Balaban J connectivity index is 1.53. The molecular weight excluding hydrogens is 284 g/mol. The number of nitrogens with one attached hydrogen (secondary N) is 1. The molecule has 7 nitrogen and oxygen atoms in total. The summed E-state index contributed by atoms with van der Waals surface area (Å²) in [6, 6.07) is 1.75. The third-order valence-electron chi connectivity index (χ3n) is 4.14. The van der Waals surface area contributed by atoms with Crippen LogP contribution in [0.25, 0.3) is 11.4 Å². The van der Waals surface area contributed by atoms with Gasteiger partial charge in [0.15, 0.2) is 0 Å². The number of hydrogen-bond donors (Lipinski definition) is 2. The van der Waals surface area contributed by atoms with Crippen LogP contribution >= 0.6 is 0 Å². The number of nitrogens with zero attached hydrogens (tertiary/aromatic N) is 2. The third-order valence-corrected chi connectivity index (χ3v) is 4.14. The molecule has 1 unspecified atom stereocenters. The molecule has 0 radical (unpaired) electrons. The molecule has 3 rings (SSSR count). The van der Waals surface area contributed by atoms with Gasteiger partial charge >= 0.3 is 0 Å². The molecule has 3 N–H and O–H groups in total. The Morgan fingerprint density at radius 2 is 2.36 bits per heavy atom. The first kappa shape index (κ1) is 14.8. The summed E-state index contributed by atoms with van der Waals surface area (Å²) in [5.74, 6) is 1.36. The van der Waals surface area contributed by atoms with E-state index < -0.39 is 0 Å². The van der Waals surface area contributed by atoms with E-state index in [1.54, 1.807) is 18.6 Å². The number of amides is 1. The summed E-state index contributed by atoms with van der Waals surface area (Å²) in [7, 11) is 0. The van der Waals surface area contributed by atoms with Crippen LogP contribution in [0.2, 0.25) is 0 Å². The standard InChI is InChI=1S/C15H20N4O3/c1-15(9-16,11-2-3-11)18-12(20)4-5-13-17-14(19-22-13)10-6-7-21-8-10/h6-8,11H,2-5,9,16H2,1H3,(H,18,20). The van der Waals surface area contributed by atoms with Crippen molar-refractivity contribution in [3.8, 4) is 11.4 Å². The van der Waals surface area contributed by atoms with Gasteiger partial charge in [-0.2, -0.15) is 4.98 Å². The summed E-state index contributed by atoms with van der Waals surface area (Å²) >= 11 is 0. The van der Waals surface area contributed by atoms with Gasteiger partial charge in [0.1, 0.15) is 6.26 Å². The van der Waals surface area contributed by atoms with Crippen molar-refractivity contribution in [1.82, 2.24) is 15.5 Å². The van der Waals surface area contributed by atoms with Gasteiger partial charge in [-0.15, -0.1) is 0 Å². The summed E-state index contributed by atoms with van der Waals surface area (Å²) in [6.45, 7) is 2.46. The highest BCUT2D eigenvalue weighted by Gasteiger charge is 2.41. The molecule has 1 amide bonds. The Hall–Kier alpha value is -2.15. The zero-order valence-electron chi connectivity index (χ0n) is 12.5. The van der Waals surface area contributed by atoms with Crippen molar-refractivity contribution in [3.05, 3.63) is 24.5 Å². The molecule has 22 heavy (non-hydrogen) atoms. The topological polar surface area (TPSA) is 107 Å². The Morgan fingerprint density at radius 3 is 3.00 bits per heavy atom. The number of carbonyl (C=O) groups excluding carboxylic acids is 1. The van der Waals surface area contributed by atoms with Gasteiger partial charge in [-0.25, -0.2) is 0 Å². The number of carbonyl (C=O) groups is 1. The lowest BCUT2D eigenvalue weighted by atomic mass is 9.95. The van der Waals surface area contributed by atoms with Crippen molar-refractivity contribution in [3.63, 3.8) is 0 Å². The highest BCUT2D eigenvalue weighted by molar-refractivity contribution is 5.77. The highest BCUT2D eigenvalue weighted by atomic mass is 16.5. The zero-order chi connectivity index (χ0) is 15.6. The maximum Gasteiger partial charge on any atom is 0.227 e. The van der Waals surface area contributed by atoms with Crippen LogP contribution in [0.5, 0.6) is 0 Å². The van der Waals surface area contributed by atoms with Crippen LogP contribution in [0.15, 0.2) is 27.5 Å². The molecule has 0 aliphatic heterocycles. The average molecular weight is 304 g/mol. The highest BCUT2D eigenvalue weighted by Crippen LogP contribution is 2.39. The first-order valence-electron chi connectivity index (χ1n) is 7.47. The predicted molar refractivity (Wildman–Crippen MR) is 78.6 cm³/mol. The minimum Gasteiger partial charge on any atom is -0.472 e. The molecule has 2 heterocycles. The Labute approximate surface area is 128 Å². The second-order valence-electron chi connectivity index (χ2n) is 5.97. The normalized spacial score (nSPS) is 17.2. The number of aromatic nitrogens is 2. The van der Waals surface area contributed by atoms with E-state index in [0.29, 0.717) is 37.0 Å². The van der Waals surface area contributed by atoms with E-state index in [9.17, 15) is 4.79 Å². The Bertz CT molecular complexity index is 633. The molecule has 1 saturated carbocycles. The minimum atomic E-state index is -0.298. The lowest BCUT2D eigenvalue weighted by molar-refractivity contribution is -0.123. The molecule has 0 saturated heterocycles. The maximum absolute atomic E-state index is 12.1. The molecule has 2 aromatic rings. The molecule has 7 heteroatoms. The quantitative estimate of drug-likeness (QED) is 0.802. The van der Waals surface area contributed by atoms with Gasteiger partial charge < -0.3 is 20.0 Å². The fraction of sp³-hybridized carbons (Fsp3) is 0.533. The average Bonchev–Trinajstić information content (AvgIpc) is 3.04. The van der Waals surface area contributed by atoms with Crippen molar-refractivity contribution in [1.29, 1.82) is 0 Å². The van der Waals surface area contributed by atoms with Crippen LogP contribution in [-0.4, -0.2) is 28.1 Å². The van der Waals surface area contributed by atoms with E-state index in [1.165, 1.54) is 0 Å². The maximum atomic E-state index is 12.1. The van der Waals surface area contributed by atoms with E-state index in [-0.39, 0.29) is 11.4 Å². The van der Waals surface area contributed by atoms with Gasteiger partial charge in [0.05, 0.1) is 17.4 Å². The summed E-state index contributed by atoms with van der Waals surface area (Å²) in [5, 5.41) is 6.91. The molecule has 2 aromatic heterocycles. The Morgan fingerprint density at radius 1 is 1.55 bits per heavy atom. The van der Waals surface area contributed by atoms with Crippen LogP contribution in [0, 0.1) is 5.92 Å². The lowest BCUT2D eigenvalue weighted by Gasteiger charge is -2.29. The molecule has 1 aliphatic rings. The van der Waals surface area contributed by atoms with Gasteiger partial charge in [-0.3, -0.25) is 4.79 Å². The number of rotatable bonds is 7. The summed E-state index contributed by atoms with van der Waals surface area (Å²) < 4.78 is 10.1. The van der Waals surface area contributed by atoms with Crippen molar-refractivity contribution >= 4 is 5.91 Å². The van der Waals surface area contributed by atoms with Crippen LogP contribution in [0.4, 0.5) is 0 Å². The van der Waals surface area contributed by atoms with Gasteiger partial charge in [-0.1, -0.05) is 5.16 Å². The lowest BCUT2D eigenvalue weighted by Crippen LogP contribution is -2.53. The second-order valence-corrected chi connectivity index (χ2v) is 5.97. The predicted octanol–water partition coefficient (Wildman–Crippen LogP) is 1.51. The monoisotopic (exact) mass is 304 g/mol.